The van der Waals surface area contributed by atoms with E-state index in [1.165, 1.54) is 19.6 Å². The Kier molecular flexibility index (Phi) is 10.1. The Morgan fingerprint density at radius 1 is 0.875 bits per heavy atom. The molecule has 2 heteroatoms. The molecule has 0 heterocycles. The van der Waals surface area contributed by atoms with Gasteiger partial charge in [-0.15, -0.1) is 0 Å². The lowest BCUT2D eigenvalue weighted by molar-refractivity contribution is -0.00000175. The van der Waals surface area contributed by atoms with Crippen molar-refractivity contribution in [3.8, 4) is 0 Å². The highest BCUT2D eigenvalue weighted by atomic mass is 35.5. The van der Waals surface area contributed by atoms with Crippen molar-refractivity contribution in [1.82, 2.24) is 4.90 Å². The van der Waals surface area contributed by atoms with E-state index in [1.807, 2.05) is 0 Å². The molecule has 0 rings (SSSR count). The summed E-state index contributed by atoms with van der Waals surface area (Å²) in [6, 6.07) is 0. The fourth-order valence-corrected chi connectivity index (χ4v) is 0.671. The number of nitrogens with zero attached hydrogens (tertiary/aromatic N) is 1. The summed E-state index contributed by atoms with van der Waals surface area (Å²) in [5, 5.41) is 0. The lowest BCUT2D eigenvalue weighted by Crippen LogP contribution is -3.00. The summed E-state index contributed by atoms with van der Waals surface area (Å²) in [6.07, 6.45) is 0. The van der Waals surface area contributed by atoms with Gasteiger partial charge in [0.2, 0.25) is 0 Å². The van der Waals surface area contributed by atoms with Crippen molar-refractivity contribution < 1.29 is 12.4 Å². The van der Waals surface area contributed by atoms with Gasteiger partial charge in [-0.2, -0.15) is 0 Å². The summed E-state index contributed by atoms with van der Waals surface area (Å²) in [6.45, 7) is 10.1. The second-order valence-electron chi connectivity index (χ2n) is 1.62. The lowest BCUT2D eigenvalue weighted by atomic mass is 10.5. The van der Waals surface area contributed by atoms with E-state index >= 15 is 0 Å². The normalized spacial score (nSPS) is 9.00. The molecule has 0 radical (unpaired) electrons. The predicted octanol–water partition coefficient (Wildman–Crippen LogP) is -1.65. The van der Waals surface area contributed by atoms with Gasteiger partial charge in [-0.25, -0.2) is 0 Å². The van der Waals surface area contributed by atoms with E-state index in [0.29, 0.717) is 0 Å². The standard InChI is InChI=1S/C6H15N.ClH/c1-4-7(5-2)6-3;/h4-6H2,1-3H3;1H/p-1. The van der Waals surface area contributed by atoms with Crippen molar-refractivity contribution in [1.29, 1.82) is 0 Å². The highest BCUT2D eigenvalue weighted by Gasteiger charge is 1.89. The molecule has 0 saturated heterocycles. The van der Waals surface area contributed by atoms with Crippen molar-refractivity contribution >= 4 is 0 Å². The minimum Gasteiger partial charge on any atom is -1.00 e. The zero-order chi connectivity index (χ0) is 5.70. The van der Waals surface area contributed by atoms with E-state index in [2.05, 4.69) is 25.7 Å². The van der Waals surface area contributed by atoms with Crippen LogP contribution in [0.2, 0.25) is 0 Å². The van der Waals surface area contributed by atoms with Gasteiger partial charge >= 0.3 is 0 Å². The average Bonchev–Trinajstić information content (AvgIpc) is 1.72. The van der Waals surface area contributed by atoms with Crippen LogP contribution in [0, 0.1) is 0 Å². The van der Waals surface area contributed by atoms with Crippen LogP contribution in [0.5, 0.6) is 0 Å². The molecule has 0 fully saturated rings. The van der Waals surface area contributed by atoms with Crippen molar-refractivity contribution in [2.75, 3.05) is 19.6 Å². The Labute approximate surface area is 58.5 Å². The Balaban J connectivity index is 0. The molecule has 8 heavy (non-hydrogen) atoms. The number of hydrogen-bond acceptors (Lipinski definition) is 1. The molecule has 0 aliphatic heterocycles. The molecule has 0 aromatic heterocycles. The van der Waals surface area contributed by atoms with Gasteiger partial charge in [-0.3, -0.25) is 0 Å². The molecule has 0 N–H and O–H groups in total. The quantitative estimate of drug-likeness (QED) is 0.450. The fourth-order valence-electron chi connectivity index (χ4n) is 0.671. The molecule has 0 unspecified atom stereocenters. The summed E-state index contributed by atoms with van der Waals surface area (Å²) < 4.78 is 0. The molecule has 0 amide bonds. The minimum absolute atomic E-state index is 0. The summed E-state index contributed by atoms with van der Waals surface area (Å²) >= 11 is 0. The van der Waals surface area contributed by atoms with Gasteiger partial charge in [0.25, 0.3) is 0 Å². The van der Waals surface area contributed by atoms with E-state index < -0.39 is 0 Å². The predicted molar refractivity (Wildman–Crippen MR) is 33.5 cm³/mol. The van der Waals surface area contributed by atoms with E-state index in [9.17, 15) is 0 Å². The summed E-state index contributed by atoms with van der Waals surface area (Å²) in [7, 11) is 0. The van der Waals surface area contributed by atoms with Gasteiger partial charge < -0.3 is 17.3 Å². The first-order chi connectivity index (χ1) is 3.35. The van der Waals surface area contributed by atoms with Crippen LogP contribution < -0.4 is 12.4 Å². The van der Waals surface area contributed by atoms with E-state index in [-0.39, 0.29) is 12.4 Å². The maximum absolute atomic E-state index is 2.38. The number of rotatable bonds is 3. The molecule has 0 atom stereocenters. The van der Waals surface area contributed by atoms with Crippen LogP contribution in [-0.4, -0.2) is 24.5 Å². The van der Waals surface area contributed by atoms with Crippen molar-refractivity contribution in [3.05, 3.63) is 0 Å². The minimum atomic E-state index is 0. The Morgan fingerprint density at radius 2 is 1.12 bits per heavy atom. The Morgan fingerprint density at radius 3 is 1.12 bits per heavy atom. The largest absolute Gasteiger partial charge is 1.00 e. The molecule has 0 saturated carbocycles. The molecule has 1 nitrogen and oxygen atoms in total. The zero-order valence-electron chi connectivity index (χ0n) is 5.95. The van der Waals surface area contributed by atoms with Crippen molar-refractivity contribution in [3.63, 3.8) is 0 Å². The molecule has 52 valence electrons. The summed E-state index contributed by atoms with van der Waals surface area (Å²) in [4.78, 5) is 2.38. The van der Waals surface area contributed by atoms with Gasteiger partial charge in [0, 0.05) is 0 Å². The first kappa shape index (κ1) is 11.1. The summed E-state index contributed by atoms with van der Waals surface area (Å²) in [5.74, 6) is 0. The van der Waals surface area contributed by atoms with E-state index in [1.54, 1.807) is 0 Å². The highest BCUT2D eigenvalue weighted by molar-refractivity contribution is 4.43. The molecular weight excluding hydrogens is 122 g/mol. The molecule has 0 spiro atoms. The third-order valence-electron chi connectivity index (χ3n) is 1.34. The van der Waals surface area contributed by atoms with Crippen molar-refractivity contribution in [2.24, 2.45) is 0 Å². The van der Waals surface area contributed by atoms with Gasteiger partial charge in [0.05, 0.1) is 0 Å². The molecule has 0 aromatic rings. The third-order valence-corrected chi connectivity index (χ3v) is 1.34. The molecule has 0 aliphatic rings. The molecule has 0 bridgehead atoms. The van der Waals surface area contributed by atoms with Gasteiger partial charge in [0.15, 0.2) is 0 Å². The molecular formula is C6H15ClN-. The van der Waals surface area contributed by atoms with Crippen LogP contribution in [-0.2, 0) is 0 Å². The van der Waals surface area contributed by atoms with Crippen LogP contribution in [0.25, 0.3) is 0 Å². The van der Waals surface area contributed by atoms with Crippen LogP contribution in [0.3, 0.4) is 0 Å². The van der Waals surface area contributed by atoms with Crippen LogP contribution in [0.15, 0.2) is 0 Å². The second kappa shape index (κ2) is 7.25. The van der Waals surface area contributed by atoms with Crippen LogP contribution >= 0.6 is 0 Å². The topological polar surface area (TPSA) is 3.24 Å². The van der Waals surface area contributed by atoms with Crippen molar-refractivity contribution in [2.45, 2.75) is 20.8 Å². The first-order valence-corrected chi connectivity index (χ1v) is 3.07. The SMILES string of the molecule is CCN(CC)CC.[Cl-]. The summed E-state index contributed by atoms with van der Waals surface area (Å²) in [5.41, 5.74) is 0. The van der Waals surface area contributed by atoms with E-state index in [4.69, 9.17) is 0 Å². The van der Waals surface area contributed by atoms with Crippen LogP contribution in [0.1, 0.15) is 20.8 Å². The smallest absolute Gasteiger partial charge is 0.00474 e. The van der Waals surface area contributed by atoms with Gasteiger partial charge in [-0.05, 0) is 19.6 Å². The second-order valence-corrected chi connectivity index (χ2v) is 1.62. The van der Waals surface area contributed by atoms with E-state index in [0.717, 1.165) is 0 Å². The lowest BCUT2D eigenvalue weighted by Gasteiger charge is -2.13. The Bertz CT molecular complexity index is 30.0. The van der Waals surface area contributed by atoms with Gasteiger partial charge in [-0.1, -0.05) is 20.8 Å². The highest BCUT2D eigenvalue weighted by Crippen LogP contribution is 1.81. The third kappa shape index (κ3) is 4.41. The average molecular weight is 137 g/mol. The number of hydrogen-bond donors (Lipinski definition) is 0. The first-order valence-electron chi connectivity index (χ1n) is 3.07. The maximum Gasteiger partial charge on any atom is -0.00474 e. The van der Waals surface area contributed by atoms with Gasteiger partial charge in [0.1, 0.15) is 0 Å². The molecule has 0 aromatic carbocycles. The Hall–Kier alpha value is 0.250. The number of halogens is 1. The van der Waals surface area contributed by atoms with Crippen LogP contribution in [0.4, 0.5) is 0 Å². The molecule has 0 aliphatic carbocycles. The fraction of sp³-hybridized carbons (Fsp3) is 1.00. The zero-order valence-corrected chi connectivity index (χ0v) is 6.70. The maximum atomic E-state index is 2.38. The monoisotopic (exact) mass is 136 g/mol.